The molecule has 4 heteroatoms. The van der Waals surface area contributed by atoms with E-state index in [1.165, 1.54) is 4.90 Å². The lowest BCUT2D eigenvalue weighted by molar-refractivity contribution is 0.257. The number of rotatable bonds is 2. The molecule has 0 aliphatic carbocycles. The highest BCUT2D eigenvalue weighted by atomic mass is 16.2. The van der Waals surface area contributed by atoms with Crippen LogP contribution < -0.4 is 4.90 Å². The zero-order chi connectivity index (χ0) is 14.1. The van der Waals surface area contributed by atoms with Gasteiger partial charge in [0.2, 0.25) is 0 Å². The standard InChI is InChI=1S/C16H13N3O/c1-11-7-9-12(10-8-11)14-15(17)19(16(20)18-14)13-5-3-2-4-6-13/h2-10,17H,1H3. The van der Waals surface area contributed by atoms with Gasteiger partial charge in [-0.1, -0.05) is 48.0 Å². The van der Waals surface area contributed by atoms with Crippen molar-refractivity contribution < 1.29 is 4.79 Å². The van der Waals surface area contributed by atoms with Gasteiger partial charge in [-0.25, -0.2) is 9.69 Å². The SMILES string of the molecule is Cc1ccc(C2=NC(=O)N(c3ccccc3)C2=N)cc1. The number of aryl methyl sites for hydroxylation is 1. The number of benzene rings is 2. The van der Waals surface area contributed by atoms with Gasteiger partial charge in [0, 0.05) is 5.56 Å². The summed E-state index contributed by atoms with van der Waals surface area (Å²) < 4.78 is 0. The second kappa shape index (κ2) is 4.74. The van der Waals surface area contributed by atoms with Crippen LogP contribution in [0, 0.1) is 12.3 Å². The van der Waals surface area contributed by atoms with Crippen LogP contribution in [0.15, 0.2) is 59.6 Å². The van der Waals surface area contributed by atoms with E-state index in [9.17, 15) is 4.79 Å². The molecular weight excluding hydrogens is 250 g/mol. The Balaban J connectivity index is 1.97. The quantitative estimate of drug-likeness (QED) is 0.887. The Labute approximate surface area is 116 Å². The number of carbonyl (C=O) groups excluding carboxylic acids is 1. The number of amidine groups is 1. The molecule has 2 aromatic rings. The Morgan fingerprint density at radius 1 is 1.00 bits per heavy atom. The molecule has 4 nitrogen and oxygen atoms in total. The minimum atomic E-state index is -0.420. The van der Waals surface area contributed by atoms with Crippen molar-refractivity contribution in [2.45, 2.75) is 6.92 Å². The van der Waals surface area contributed by atoms with Crippen molar-refractivity contribution >= 4 is 23.3 Å². The molecule has 0 aromatic heterocycles. The minimum Gasteiger partial charge on any atom is -0.282 e. The maximum Gasteiger partial charge on any atom is 0.354 e. The van der Waals surface area contributed by atoms with Gasteiger partial charge in [-0.05, 0) is 19.1 Å². The first-order chi connectivity index (χ1) is 9.66. The van der Waals surface area contributed by atoms with Crippen molar-refractivity contribution in [3.8, 4) is 0 Å². The molecular formula is C16H13N3O. The molecule has 0 fully saturated rings. The van der Waals surface area contributed by atoms with Crippen molar-refractivity contribution in [2.24, 2.45) is 4.99 Å². The lowest BCUT2D eigenvalue weighted by Crippen LogP contribution is -2.32. The van der Waals surface area contributed by atoms with Crippen LogP contribution >= 0.6 is 0 Å². The number of nitrogens with one attached hydrogen (secondary N) is 1. The second-order valence-electron chi connectivity index (χ2n) is 4.63. The molecule has 0 radical (unpaired) electrons. The van der Waals surface area contributed by atoms with Crippen molar-refractivity contribution in [1.82, 2.24) is 0 Å². The third-order valence-electron chi connectivity index (χ3n) is 3.19. The van der Waals surface area contributed by atoms with Crippen LogP contribution in [0.4, 0.5) is 10.5 Å². The van der Waals surface area contributed by atoms with Gasteiger partial charge in [0.1, 0.15) is 5.71 Å². The van der Waals surface area contributed by atoms with Crippen LogP contribution in [0.25, 0.3) is 0 Å². The monoisotopic (exact) mass is 263 g/mol. The summed E-state index contributed by atoms with van der Waals surface area (Å²) in [6.07, 6.45) is 0. The van der Waals surface area contributed by atoms with E-state index in [0.717, 1.165) is 11.1 Å². The molecule has 98 valence electrons. The predicted octanol–water partition coefficient (Wildman–Crippen LogP) is 3.40. The van der Waals surface area contributed by atoms with Gasteiger partial charge in [-0.15, -0.1) is 0 Å². The predicted molar refractivity (Wildman–Crippen MR) is 79.8 cm³/mol. The number of hydrogen-bond donors (Lipinski definition) is 1. The number of para-hydroxylation sites is 1. The van der Waals surface area contributed by atoms with Gasteiger partial charge in [0.15, 0.2) is 5.84 Å². The highest BCUT2D eigenvalue weighted by molar-refractivity contribution is 6.59. The number of anilines is 1. The third-order valence-corrected chi connectivity index (χ3v) is 3.19. The van der Waals surface area contributed by atoms with Gasteiger partial charge < -0.3 is 0 Å². The molecule has 1 heterocycles. The fourth-order valence-electron chi connectivity index (χ4n) is 2.13. The third kappa shape index (κ3) is 2.01. The first-order valence-corrected chi connectivity index (χ1v) is 6.30. The van der Waals surface area contributed by atoms with E-state index < -0.39 is 6.03 Å². The molecule has 2 amide bonds. The minimum absolute atomic E-state index is 0.116. The van der Waals surface area contributed by atoms with Gasteiger partial charge in [-0.2, -0.15) is 4.99 Å². The first kappa shape index (κ1) is 12.3. The summed E-state index contributed by atoms with van der Waals surface area (Å²) in [5.74, 6) is 0.116. The van der Waals surface area contributed by atoms with Crippen molar-refractivity contribution in [3.63, 3.8) is 0 Å². The Morgan fingerprint density at radius 2 is 1.65 bits per heavy atom. The number of carbonyl (C=O) groups is 1. The summed E-state index contributed by atoms with van der Waals surface area (Å²) >= 11 is 0. The summed E-state index contributed by atoms with van der Waals surface area (Å²) in [5.41, 5.74) is 2.99. The van der Waals surface area contributed by atoms with Crippen LogP contribution in [0.1, 0.15) is 11.1 Å². The Morgan fingerprint density at radius 3 is 2.30 bits per heavy atom. The van der Waals surface area contributed by atoms with E-state index >= 15 is 0 Å². The highest BCUT2D eigenvalue weighted by Gasteiger charge is 2.31. The summed E-state index contributed by atoms with van der Waals surface area (Å²) in [6.45, 7) is 1.99. The molecule has 1 N–H and O–H groups in total. The number of amides is 2. The topological polar surface area (TPSA) is 56.5 Å². The van der Waals surface area contributed by atoms with E-state index in [1.54, 1.807) is 12.1 Å². The summed E-state index contributed by atoms with van der Waals surface area (Å²) in [5, 5.41) is 8.20. The molecule has 3 rings (SSSR count). The van der Waals surface area contributed by atoms with Crippen molar-refractivity contribution in [3.05, 3.63) is 65.7 Å². The summed E-state index contributed by atoms with van der Waals surface area (Å²) in [7, 11) is 0. The molecule has 0 saturated heterocycles. The summed E-state index contributed by atoms with van der Waals surface area (Å²) in [4.78, 5) is 17.4. The number of nitrogens with zero attached hydrogens (tertiary/aromatic N) is 2. The molecule has 2 aromatic carbocycles. The lowest BCUT2D eigenvalue weighted by atomic mass is 10.1. The van der Waals surface area contributed by atoms with Gasteiger partial charge >= 0.3 is 6.03 Å². The number of aliphatic imine (C=N–C) groups is 1. The molecule has 1 aliphatic heterocycles. The van der Waals surface area contributed by atoms with Crippen LogP contribution in [-0.2, 0) is 0 Å². The number of urea groups is 1. The molecule has 0 atom stereocenters. The fourth-order valence-corrected chi connectivity index (χ4v) is 2.13. The van der Waals surface area contributed by atoms with Crippen LogP contribution in [-0.4, -0.2) is 17.6 Å². The Bertz CT molecular complexity index is 702. The Kier molecular flexibility index (Phi) is 2.91. The summed E-state index contributed by atoms with van der Waals surface area (Å²) in [6, 6.07) is 16.3. The van der Waals surface area contributed by atoms with E-state index in [1.807, 2.05) is 49.4 Å². The first-order valence-electron chi connectivity index (χ1n) is 6.30. The molecule has 0 spiro atoms. The maximum absolute atomic E-state index is 12.0. The Hall–Kier alpha value is -2.75. The molecule has 0 unspecified atom stereocenters. The second-order valence-corrected chi connectivity index (χ2v) is 4.63. The smallest absolute Gasteiger partial charge is 0.282 e. The maximum atomic E-state index is 12.0. The van der Waals surface area contributed by atoms with Crippen molar-refractivity contribution in [1.29, 1.82) is 5.41 Å². The zero-order valence-corrected chi connectivity index (χ0v) is 11.0. The van der Waals surface area contributed by atoms with Crippen LogP contribution in [0.5, 0.6) is 0 Å². The van der Waals surface area contributed by atoms with Crippen LogP contribution in [0.2, 0.25) is 0 Å². The molecule has 20 heavy (non-hydrogen) atoms. The highest BCUT2D eigenvalue weighted by Crippen LogP contribution is 2.22. The van der Waals surface area contributed by atoms with Gasteiger partial charge in [-0.3, -0.25) is 5.41 Å². The van der Waals surface area contributed by atoms with Gasteiger partial charge in [0.25, 0.3) is 0 Å². The van der Waals surface area contributed by atoms with E-state index in [2.05, 4.69) is 4.99 Å². The zero-order valence-electron chi connectivity index (χ0n) is 11.0. The van der Waals surface area contributed by atoms with Crippen molar-refractivity contribution in [2.75, 3.05) is 4.90 Å². The van der Waals surface area contributed by atoms with Crippen LogP contribution in [0.3, 0.4) is 0 Å². The van der Waals surface area contributed by atoms with E-state index in [4.69, 9.17) is 5.41 Å². The molecule has 0 saturated carbocycles. The lowest BCUT2D eigenvalue weighted by Gasteiger charge is -2.15. The average Bonchev–Trinajstić information content (AvgIpc) is 2.76. The van der Waals surface area contributed by atoms with E-state index in [0.29, 0.717) is 11.4 Å². The molecule has 0 bridgehead atoms. The normalized spacial score (nSPS) is 14.7. The molecule has 1 aliphatic rings. The number of hydrogen-bond acceptors (Lipinski definition) is 2. The fraction of sp³-hybridized carbons (Fsp3) is 0.0625. The average molecular weight is 263 g/mol. The van der Waals surface area contributed by atoms with E-state index in [-0.39, 0.29) is 5.84 Å². The largest absolute Gasteiger partial charge is 0.354 e. The van der Waals surface area contributed by atoms with Gasteiger partial charge in [0.05, 0.1) is 5.69 Å².